The summed E-state index contributed by atoms with van der Waals surface area (Å²) in [6, 6.07) is 8.27. The lowest BCUT2D eigenvalue weighted by Gasteiger charge is -2.21. The number of thioether (sulfide) groups is 1. The van der Waals surface area contributed by atoms with Crippen molar-refractivity contribution in [3.8, 4) is 5.75 Å². The molecule has 0 aliphatic rings. The van der Waals surface area contributed by atoms with E-state index in [-0.39, 0.29) is 5.54 Å². The summed E-state index contributed by atoms with van der Waals surface area (Å²) in [5.74, 6) is 3.21. The van der Waals surface area contributed by atoms with E-state index in [1.54, 1.807) is 0 Å². The molecule has 0 fully saturated rings. The Morgan fingerprint density at radius 3 is 2.61 bits per heavy atom. The summed E-state index contributed by atoms with van der Waals surface area (Å²) in [5.41, 5.74) is 1.36. The molecule has 0 aliphatic heterocycles. The number of para-hydroxylation sites is 1. The van der Waals surface area contributed by atoms with Crippen molar-refractivity contribution in [1.82, 2.24) is 5.32 Å². The molecule has 0 radical (unpaired) electrons. The molecule has 0 unspecified atom stereocenters. The number of hydrogen-bond acceptors (Lipinski definition) is 3. The van der Waals surface area contributed by atoms with Crippen molar-refractivity contribution in [3.63, 3.8) is 0 Å². The van der Waals surface area contributed by atoms with Crippen LogP contribution >= 0.6 is 11.8 Å². The van der Waals surface area contributed by atoms with Gasteiger partial charge in [0.15, 0.2) is 0 Å². The first-order chi connectivity index (χ1) is 8.53. The van der Waals surface area contributed by atoms with Crippen LogP contribution < -0.4 is 10.1 Å². The summed E-state index contributed by atoms with van der Waals surface area (Å²) in [7, 11) is 0. The van der Waals surface area contributed by atoms with E-state index < -0.39 is 0 Å². The lowest BCUT2D eigenvalue weighted by atomic mass is 10.1. The van der Waals surface area contributed by atoms with Gasteiger partial charge < -0.3 is 10.1 Å². The SMILES string of the molecule is CCSCCOc1ccccc1CNC(C)(C)C. The lowest BCUT2D eigenvalue weighted by molar-refractivity contribution is 0.335. The van der Waals surface area contributed by atoms with Crippen LogP contribution in [0.25, 0.3) is 0 Å². The molecule has 0 saturated carbocycles. The van der Waals surface area contributed by atoms with Crippen LogP contribution in [0.2, 0.25) is 0 Å². The van der Waals surface area contributed by atoms with E-state index >= 15 is 0 Å². The summed E-state index contributed by atoms with van der Waals surface area (Å²) in [6.07, 6.45) is 0. The van der Waals surface area contributed by atoms with Crippen molar-refractivity contribution < 1.29 is 4.74 Å². The Bertz CT molecular complexity index is 347. The molecule has 0 atom stereocenters. The minimum absolute atomic E-state index is 0.130. The van der Waals surface area contributed by atoms with Gasteiger partial charge in [-0.05, 0) is 32.6 Å². The Kier molecular flexibility index (Phi) is 6.58. The fraction of sp³-hybridized carbons (Fsp3) is 0.600. The number of ether oxygens (including phenoxy) is 1. The maximum Gasteiger partial charge on any atom is 0.123 e. The van der Waals surface area contributed by atoms with E-state index in [0.29, 0.717) is 0 Å². The Hall–Kier alpha value is -0.670. The second kappa shape index (κ2) is 7.70. The predicted molar refractivity (Wildman–Crippen MR) is 81.5 cm³/mol. The standard InChI is InChI=1S/C15H25NOS/c1-5-18-11-10-17-14-9-7-6-8-13(14)12-16-15(2,3)4/h6-9,16H,5,10-12H2,1-4H3. The molecule has 0 bridgehead atoms. The van der Waals surface area contributed by atoms with Crippen LogP contribution in [-0.2, 0) is 6.54 Å². The highest BCUT2D eigenvalue weighted by Gasteiger charge is 2.10. The molecule has 0 aliphatic carbocycles. The molecular weight excluding hydrogens is 242 g/mol. The minimum Gasteiger partial charge on any atom is -0.492 e. The monoisotopic (exact) mass is 267 g/mol. The van der Waals surface area contributed by atoms with Gasteiger partial charge in [0.25, 0.3) is 0 Å². The van der Waals surface area contributed by atoms with E-state index in [0.717, 1.165) is 30.4 Å². The van der Waals surface area contributed by atoms with Crippen LogP contribution in [0.15, 0.2) is 24.3 Å². The topological polar surface area (TPSA) is 21.3 Å². The van der Waals surface area contributed by atoms with Crippen LogP contribution in [0.3, 0.4) is 0 Å². The summed E-state index contributed by atoms with van der Waals surface area (Å²) >= 11 is 1.91. The molecule has 18 heavy (non-hydrogen) atoms. The summed E-state index contributed by atoms with van der Waals surface area (Å²) in [6.45, 7) is 10.3. The minimum atomic E-state index is 0.130. The number of nitrogens with one attached hydrogen (secondary N) is 1. The molecule has 0 amide bonds. The van der Waals surface area contributed by atoms with Crippen molar-refractivity contribution in [2.45, 2.75) is 39.8 Å². The first kappa shape index (κ1) is 15.4. The average Bonchev–Trinajstić information content (AvgIpc) is 2.32. The van der Waals surface area contributed by atoms with E-state index in [1.165, 1.54) is 5.56 Å². The van der Waals surface area contributed by atoms with Gasteiger partial charge in [0.1, 0.15) is 5.75 Å². The fourth-order valence-electron chi connectivity index (χ4n) is 1.51. The second-order valence-electron chi connectivity index (χ2n) is 5.26. The third-order valence-corrected chi connectivity index (χ3v) is 3.33. The molecule has 102 valence electrons. The molecular formula is C15H25NOS. The smallest absolute Gasteiger partial charge is 0.123 e. The van der Waals surface area contributed by atoms with Crippen LogP contribution in [0.4, 0.5) is 0 Å². The van der Waals surface area contributed by atoms with Crippen molar-refractivity contribution in [2.75, 3.05) is 18.1 Å². The Labute approximate surface area is 116 Å². The Morgan fingerprint density at radius 2 is 1.94 bits per heavy atom. The van der Waals surface area contributed by atoms with Gasteiger partial charge in [-0.2, -0.15) is 11.8 Å². The van der Waals surface area contributed by atoms with E-state index in [1.807, 2.05) is 17.8 Å². The second-order valence-corrected chi connectivity index (χ2v) is 6.65. The molecule has 0 aromatic heterocycles. The van der Waals surface area contributed by atoms with Crippen molar-refractivity contribution in [1.29, 1.82) is 0 Å². The average molecular weight is 267 g/mol. The summed E-state index contributed by atoms with van der Waals surface area (Å²) in [4.78, 5) is 0. The van der Waals surface area contributed by atoms with Gasteiger partial charge in [-0.25, -0.2) is 0 Å². The molecule has 1 aromatic rings. The maximum atomic E-state index is 5.84. The highest BCUT2D eigenvalue weighted by molar-refractivity contribution is 7.99. The zero-order valence-electron chi connectivity index (χ0n) is 12.0. The summed E-state index contributed by atoms with van der Waals surface area (Å²) < 4.78 is 5.84. The van der Waals surface area contributed by atoms with Crippen LogP contribution in [0.1, 0.15) is 33.3 Å². The van der Waals surface area contributed by atoms with Gasteiger partial charge in [0, 0.05) is 23.4 Å². The number of hydrogen-bond donors (Lipinski definition) is 1. The fourth-order valence-corrected chi connectivity index (χ4v) is 2.00. The summed E-state index contributed by atoms with van der Waals surface area (Å²) in [5, 5.41) is 3.49. The molecule has 0 saturated heterocycles. The van der Waals surface area contributed by atoms with Gasteiger partial charge in [0.05, 0.1) is 6.61 Å². The highest BCUT2D eigenvalue weighted by atomic mass is 32.2. The lowest BCUT2D eigenvalue weighted by Crippen LogP contribution is -2.35. The molecule has 2 nitrogen and oxygen atoms in total. The van der Waals surface area contributed by atoms with E-state index in [9.17, 15) is 0 Å². The quantitative estimate of drug-likeness (QED) is 0.761. The van der Waals surface area contributed by atoms with Gasteiger partial charge in [-0.15, -0.1) is 0 Å². The van der Waals surface area contributed by atoms with E-state index in [2.05, 4.69) is 51.2 Å². The Morgan fingerprint density at radius 1 is 1.22 bits per heavy atom. The van der Waals surface area contributed by atoms with Crippen molar-refractivity contribution >= 4 is 11.8 Å². The van der Waals surface area contributed by atoms with Gasteiger partial charge >= 0.3 is 0 Å². The normalized spacial score (nSPS) is 11.6. The number of benzene rings is 1. The van der Waals surface area contributed by atoms with Crippen LogP contribution in [-0.4, -0.2) is 23.7 Å². The van der Waals surface area contributed by atoms with Crippen molar-refractivity contribution in [2.24, 2.45) is 0 Å². The van der Waals surface area contributed by atoms with Gasteiger partial charge in [-0.1, -0.05) is 25.1 Å². The first-order valence-electron chi connectivity index (χ1n) is 6.56. The molecule has 1 aromatic carbocycles. The van der Waals surface area contributed by atoms with Gasteiger partial charge in [-0.3, -0.25) is 0 Å². The Balaban J connectivity index is 2.51. The molecule has 0 spiro atoms. The number of rotatable bonds is 7. The molecule has 1 rings (SSSR count). The zero-order chi connectivity index (χ0) is 13.4. The molecule has 0 heterocycles. The maximum absolute atomic E-state index is 5.84. The predicted octanol–water partition coefficient (Wildman–Crippen LogP) is 3.71. The third-order valence-electron chi connectivity index (χ3n) is 2.47. The van der Waals surface area contributed by atoms with Gasteiger partial charge in [0.2, 0.25) is 0 Å². The largest absolute Gasteiger partial charge is 0.492 e. The molecule has 3 heteroatoms. The van der Waals surface area contributed by atoms with Crippen molar-refractivity contribution in [3.05, 3.63) is 29.8 Å². The first-order valence-corrected chi connectivity index (χ1v) is 7.72. The highest BCUT2D eigenvalue weighted by Crippen LogP contribution is 2.19. The molecule has 1 N–H and O–H groups in total. The van der Waals surface area contributed by atoms with Crippen LogP contribution in [0.5, 0.6) is 5.75 Å². The third kappa shape index (κ3) is 6.31. The zero-order valence-corrected chi connectivity index (χ0v) is 12.8. The van der Waals surface area contributed by atoms with E-state index in [4.69, 9.17) is 4.74 Å². The van der Waals surface area contributed by atoms with Crippen LogP contribution in [0, 0.1) is 0 Å².